The van der Waals surface area contributed by atoms with Gasteiger partial charge in [-0.1, -0.05) is 18.2 Å². The third-order valence-electron chi connectivity index (χ3n) is 6.93. The first kappa shape index (κ1) is 19.9. The molecule has 0 amide bonds. The number of morpholine rings is 1. The van der Waals surface area contributed by atoms with Gasteiger partial charge in [0.15, 0.2) is 0 Å². The van der Waals surface area contributed by atoms with Gasteiger partial charge in [0.1, 0.15) is 17.8 Å². The summed E-state index contributed by atoms with van der Waals surface area (Å²) in [6, 6.07) is 17.3. The number of hydrogen-bond acceptors (Lipinski definition) is 6. The van der Waals surface area contributed by atoms with Crippen molar-refractivity contribution < 1.29 is 10.1 Å². The Bertz CT molecular complexity index is 1300. The summed E-state index contributed by atoms with van der Waals surface area (Å²) in [5.74, 6) is 0.875. The van der Waals surface area contributed by atoms with Crippen LogP contribution in [0.1, 0.15) is 42.5 Å². The maximum absolute atomic E-state index is 9.23. The highest BCUT2D eigenvalue weighted by Gasteiger charge is 2.60. The predicted octanol–water partition coefficient (Wildman–Crippen LogP) is 2.10. The van der Waals surface area contributed by atoms with Crippen molar-refractivity contribution >= 4 is 17.2 Å². The van der Waals surface area contributed by atoms with E-state index in [1.807, 2.05) is 42.5 Å². The number of ether oxygens (including phenoxy) is 1. The predicted molar refractivity (Wildman–Crippen MR) is 125 cm³/mol. The van der Waals surface area contributed by atoms with Gasteiger partial charge in [-0.3, -0.25) is 5.41 Å². The SMILES string of the molecule is N#Cc1cccc(-c2ccc(N)c(C(=[NH2+])c3cc(N4CC5(CC5)OC5(CC5)C4)ncn3)c2)c1. The van der Waals surface area contributed by atoms with Crippen LogP contribution in [-0.2, 0) is 4.74 Å². The fourth-order valence-electron chi connectivity index (χ4n) is 4.78. The Hall–Kier alpha value is -3.76. The topological polar surface area (TPSA) is 114 Å². The Morgan fingerprint density at radius 2 is 1.73 bits per heavy atom. The molecule has 4 N–H and O–H groups in total. The van der Waals surface area contributed by atoms with Crippen LogP contribution in [-0.4, -0.2) is 40.0 Å². The number of nitrogens with zero attached hydrogens (tertiary/aromatic N) is 4. The van der Waals surface area contributed by atoms with E-state index in [1.54, 1.807) is 12.4 Å². The minimum atomic E-state index is 0.00580. The van der Waals surface area contributed by atoms with Crippen molar-refractivity contribution in [2.45, 2.75) is 36.9 Å². The lowest BCUT2D eigenvalue weighted by atomic mass is 9.97. The van der Waals surface area contributed by atoms with E-state index >= 15 is 0 Å². The summed E-state index contributed by atoms with van der Waals surface area (Å²) in [5, 5.41) is 15.8. The highest BCUT2D eigenvalue weighted by molar-refractivity contribution is 6.11. The lowest BCUT2D eigenvalue weighted by Crippen LogP contribution is -2.51. The number of nitrogen functional groups attached to an aromatic ring is 1. The highest BCUT2D eigenvalue weighted by atomic mass is 16.5. The standard InChI is InChI=1S/C26H24N6O/c27-13-17-2-1-3-18(10-17)19-4-5-21(28)20(11-19)24(29)22-12-23(31-16-30-22)32-14-25(6-7-25)33-26(15-32)8-9-26/h1-5,10-12,16,29H,6-9,14-15,28H2/p+1. The number of rotatable bonds is 4. The molecule has 7 nitrogen and oxygen atoms in total. The third-order valence-corrected chi connectivity index (χ3v) is 6.93. The van der Waals surface area contributed by atoms with E-state index < -0.39 is 0 Å². The molecule has 6 rings (SSSR count). The Morgan fingerprint density at radius 1 is 1.00 bits per heavy atom. The molecule has 0 bridgehead atoms. The molecule has 1 saturated heterocycles. The van der Waals surface area contributed by atoms with Crippen molar-refractivity contribution in [2.24, 2.45) is 0 Å². The van der Waals surface area contributed by atoms with Crippen LogP contribution in [0, 0.1) is 11.3 Å². The fourth-order valence-corrected chi connectivity index (χ4v) is 4.78. The molecule has 2 saturated carbocycles. The van der Waals surface area contributed by atoms with E-state index in [9.17, 15) is 5.26 Å². The van der Waals surface area contributed by atoms with Gasteiger partial charge >= 0.3 is 0 Å². The number of nitriles is 1. The largest absolute Gasteiger partial charge is 0.398 e. The van der Waals surface area contributed by atoms with Crippen LogP contribution in [0.15, 0.2) is 54.9 Å². The Balaban J connectivity index is 1.31. The van der Waals surface area contributed by atoms with Gasteiger partial charge in [0.25, 0.3) is 0 Å². The first-order valence-electron chi connectivity index (χ1n) is 11.3. The van der Waals surface area contributed by atoms with Crippen LogP contribution in [0.5, 0.6) is 0 Å². The zero-order valence-corrected chi connectivity index (χ0v) is 18.3. The molecule has 164 valence electrons. The first-order valence-corrected chi connectivity index (χ1v) is 11.3. The Kier molecular flexibility index (Phi) is 4.29. The van der Waals surface area contributed by atoms with Gasteiger partial charge in [-0.05, 0) is 61.1 Å². The number of nitrogens with two attached hydrogens (primary N) is 2. The molecule has 0 unspecified atom stereocenters. The lowest BCUT2D eigenvalue weighted by molar-refractivity contribution is -0.111. The van der Waals surface area contributed by atoms with Gasteiger partial charge in [0, 0.05) is 24.8 Å². The summed E-state index contributed by atoms with van der Waals surface area (Å²) in [5.41, 5.74) is 11.2. The van der Waals surface area contributed by atoms with Gasteiger partial charge in [0.05, 0.1) is 28.4 Å². The van der Waals surface area contributed by atoms with Crippen LogP contribution < -0.4 is 16.0 Å². The maximum atomic E-state index is 9.23. The summed E-state index contributed by atoms with van der Waals surface area (Å²) in [6.45, 7) is 1.72. The van der Waals surface area contributed by atoms with E-state index in [0.717, 1.165) is 61.3 Å². The first-order chi connectivity index (χ1) is 16.0. The van der Waals surface area contributed by atoms with Crippen molar-refractivity contribution in [3.8, 4) is 17.2 Å². The van der Waals surface area contributed by atoms with Crippen molar-refractivity contribution in [1.29, 1.82) is 5.26 Å². The van der Waals surface area contributed by atoms with E-state index in [-0.39, 0.29) is 11.2 Å². The van der Waals surface area contributed by atoms with Crippen LogP contribution in [0.25, 0.3) is 11.1 Å². The van der Waals surface area contributed by atoms with Gasteiger partial charge in [-0.25, -0.2) is 9.97 Å². The van der Waals surface area contributed by atoms with Crippen LogP contribution in [0.3, 0.4) is 0 Å². The second-order valence-electron chi connectivity index (χ2n) is 9.49. The quantitative estimate of drug-likeness (QED) is 0.477. The normalized spacial score (nSPS) is 19.3. The summed E-state index contributed by atoms with van der Waals surface area (Å²) >= 11 is 0. The molecule has 0 atom stereocenters. The van der Waals surface area contributed by atoms with E-state index in [1.165, 1.54) is 0 Å². The van der Waals surface area contributed by atoms with Crippen LogP contribution >= 0.6 is 0 Å². The minimum absolute atomic E-state index is 0.00580. The zero-order chi connectivity index (χ0) is 22.6. The zero-order valence-electron chi connectivity index (χ0n) is 18.3. The monoisotopic (exact) mass is 437 g/mol. The van der Waals surface area contributed by atoms with Gasteiger partial charge < -0.3 is 15.4 Å². The molecule has 33 heavy (non-hydrogen) atoms. The van der Waals surface area contributed by atoms with E-state index in [4.69, 9.17) is 15.9 Å². The molecule has 2 aliphatic carbocycles. The minimum Gasteiger partial charge on any atom is -0.398 e. The average molecular weight is 438 g/mol. The molecule has 3 fully saturated rings. The average Bonchev–Trinajstić information content (AvgIpc) is 3.78. The molecular weight excluding hydrogens is 412 g/mol. The van der Waals surface area contributed by atoms with E-state index in [0.29, 0.717) is 22.7 Å². The molecule has 2 spiro atoms. The number of aromatic nitrogens is 2. The van der Waals surface area contributed by atoms with Crippen molar-refractivity contribution in [3.63, 3.8) is 0 Å². The molecule has 0 radical (unpaired) electrons. The van der Waals surface area contributed by atoms with Crippen LogP contribution in [0.4, 0.5) is 11.5 Å². The van der Waals surface area contributed by atoms with Gasteiger partial charge in [-0.15, -0.1) is 0 Å². The molecular formula is C26H25N6O+. The van der Waals surface area contributed by atoms with Gasteiger partial charge in [0.2, 0.25) is 5.71 Å². The summed E-state index contributed by atoms with van der Waals surface area (Å²) in [4.78, 5) is 11.3. The van der Waals surface area contributed by atoms with Crippen molar-refractivity contribution in [3.05, 3.63) is 71.7 Å². The highest BCUT2D eigenvalue weighted by Crippen LogP contribution is 2.54. The molecule has 1 aromatic heterocycles. The maximum Gasteiger partial charge on any atom is 0.232 e. The fraction of sp³-hybridized carbons (Fsp3) is 0.308. The second kappa shape index (κ2) is 7.12. The second-order valence-corrected chi connectivity index (χ2v) is 9.49. The lowest BCUT2D eigenvalue weighted by Gasteiger charge is -2.39. The molecule has 2 aromatic carbocycles. The van der Waals surface area contributed by atoms with E-state index in [2.05, 4.69) is 20.9 Å². The van der Waals surface area contributed by atoms with Crippen LogP contribution in [0.2, 0.25) is 0 Å². The molecule has 1 aliphatic heterocycles. The smallest absolute Gasteiger partial charge is 0.232 e. The summed E-state index contributed by atoms with van der Waals surface area (Å²) < 4.78 is 6.42. The third kappa shape index (κ3) is 3.62. The summed E-state index contributed by atoms with van der Waals surface area (Å²) in [7, 11) is 0. The molecule has 2 heterocycles. The summed E-state index contributed by atoms with van der Waals surface area (Å²) in [6.07, 6.45) is 6.05. The number of hydrogen-bond donors (Lipinski definition) is 2. The van der Waals surface area contributed by atoms with Crippen molar-refractivity contribution in [1.82, 2.24) is 9.97 Å². The molecule has 3 aliphatic rings. The number of benzene rings is 2. The Labute approximate surface area is 192 Å². The molecule has 3 aromatic rings. The van der Waals surface area contributed by atoms with Gasteiger partial charge in [-0.2, -0.15) is 5.26 Å². The Morgan fingerprint density at radius 3 is 2.42 bits per heavy atom. The number of anilines is 2. The van der Waals surface area contributed by atoms with Crippen molar-refractivity contribution in [2.75, 3.05) is 23.7 Å². The molecule has 7 heteroatoms.